The van der Waals surface area contributed by atoms with Gasteiger partial charge < -0.3 is 19.9 Å². The molecule has 0 fully saturated rings. The largest absolute Gasteiger partial charge is 0.493 e. The Morgan fingerprint density at radius 3 is 2.45 bits per heavy atom. The standard InChI is InChI=1S/C15H23NO4/c1-10(16)11-6-7-12(13(8-11)18-5)19-9-14(17)20-15(2,3)4/h6-8,10H,9,16H2,1-5H3. The first-order chi connectivity index (χ1) is 9.23. The van der Waals surface area contributed by atoms with E-state index in [0.29, 0.717) is 11.5 Å². The summed E-state index contributed by atoms with van der Waals surface area (Å²) in [4.78, 5) is 11.6. The highest BCUT2D eigenvalue weighted by Crippen LogP contribution is 2.29. The summed E-state index contributed by atoms with van der Waals surface area (Å²) in [6, 6.07) is 5.29. The Morgan fingerprint density at radius 1 is 1.30 bits per heavy atom. The summed E-state index contributed by atoms with van der Waals surface area (Å²) in [6.45, 7) is 7.15. The maximum atomic E-state index is 11.6. The molecule has 0 aliphatic rings. The lowest BCUT2D eigenvalue weighted by Gasteiger charge is -2.20. The van der Waals surface area contributed by atoms with Crippen molar-refractivity contribution in [2.75, 3.05) is 13.7 Å². The van der Waals surface area contributed by atoms with Gasteiger partial charge in [-0.3, -0.25) is 0 Å². The zero-order valence-electron chi connectivity index (χ0n) is 12.7. The van der Waals surface area contributed by atoms with Crippen LogP contribution in [0.1, 0.15) is 39.3 Å². The van der Waals surface area contributed by atoms with E-state index in [4.69, 9.17) is 19.9 Å². The molecule has 0 heterocycles. The molecule has 1 aromatic carbocycles. The van der Waals surface area contributed by atoms with Crippen LogP contribution in [-0.4, -0.2) is 25.3 Å². The van der Waals surface area contributed by atoms with Gasteiger partial charge in [0.2, 0.25) is 0 Å². The Morgan fingerprint density at radius 2 is 1.95 bits per heavy atom. The highest BCUT2D eigenvalue weighted by molar-refractivity contribution is 5.71. The van der Waals surface area contributed by atoms with Crippen LogP contribution in [0.2, 0.25) is 0 Å². The molecule has 5 nitrogen and oxygen atoms in total. The van der Waals surface area contributed by atoms with E-state index in [9.17, 15) is 4.79 Å². The molecule has 0 spiro atoms. The molecule has 0 aliphatic heterocycles. The fourth-order valence-electron chi connectivity index (χ4n) is 1.59. The summed E-state index contributed by atoms with van der Waals surface area (Å²) in [5.41, 5.74) is 6.22. The quantitative estimate of drug-likeness (QED) is 0.839. The van der Waals surface area contributed by atoms with E-state index in [1.54, 1.807) is 19.2 Å². The van der Waals surface area contributed by atoms with Gasteiger partial charge in [0.15, 0.2) is 18.1 Å². The minimum atomic E-state index is -0.524. The number of nitrogens with two attached hydrogens (primary N) is 1. The number of carbonyl (C=O) groups excluding carboxylic acids is 1. The first-order valence-corrected chi connectivity index (χ1v) is 6.51. The van der Waals surface area contributed by atoms with Crippen molar-refractivity contribution in [2.24, 2.45) is 5.73 Å². The topological polar surface area (TPSA) is 70.8 Å². The SMILES string of the molecule is COc1cc(C(C)N)ccc1OCC(=O)OC(C)(C)C. The number of hydrogen-bond acceptors (Lipinski definition) is 5. The van der Waals surface area contributed by atoms with Crippen LogP contribution >= 0.6 is 0 Å². The number of benzene rings is 1. The average molecular weight is 281 g/mol. The summed E-state index contributed by atoms with van der Waals surface area (Å²) in [7, 11) is 1.54. The lowest BCUT2D eigenvalue weighted by Crippen LogP contribution is -2.27. The van der Waals surface area contributed by atoms with Crippen LogP contribution in [0, 0.1) is 0 Å². The molecule has 0 radical (unpaired) electrons. The van der Waals surface area contributed by atoms with Gasteiger partial charge in [0, 0.05) is 6.04 Å². The molecule has 20 heavy (non-hydrogen) atoms. The maximum Gasteiger partial charge on any atom is 0.344 e. The van der Waals surface area contributed by atoms with Gasteiger partial charge in [0.25, 0.3) is 0 Å². The molecule has 0 aliphatic carbocycles. The number of ether oxygens (including phenoxy) is 3. The number of esters is 1. The first-order valence-electron chi connectivity index (χ1n) is 6.51. The second-order valence-corrected chi connectivity index (χ2v) is 5.57. The van der Waals surface area contributed by atoms with Crippen molar-refractivity contribution < 1.29 is 19.0 Å². The molecule has 2 N–H and O–H groups in total. The van der Waals surface area contributed by atoms with Crippen molar-refractivity contribution >= 4 is 5.97 Å². The van der Waals surface area contributed by atoms with Gasteiger partial charge in [-0.15, -0.1) is 0 Å². The number of carbonyl (C=O) groups is 1. The van der Waals surface area contributed by atoms with E-state index in [0.717, 1.165) is 5.56 Å². The molecule has 0 amide bonds. The van der Waals surface area contributed by atoms with Crippen molar-refractivity contribution in [1.82, 2.24) is 0 Å². The van der Waals surface area contributed by atoms with Crippen molar-refractivity contribution in [1.29, 1.82) is 0 Å². The van der Waals surface area contributed by atoms with Crippen LogP contribution in [0.5, 0.6) is 11.5 Å². The van der Waals surface area contributed by atoms with Crippen LogP contribution in [-0.2, 0) is 9.53 Å². The number of rotatable bonds is 5. The first kappa shape index (κ1) is 16.3. The monoisotopic (exact) mass is 281 g/mol. The lowest BCUT2D eigenvalue weighted by atomic mass is 10.1. The molecular weight excluding hydrogens is 258 g/mol. The molecule has 1 rings (SSSR count). The Kier molecular flexibility index (Phi) is 5.39. The van der Waals surface area contributed by atoms with Crippen LogP contribution in [0.3, 0.4) is 0 Å². The molecule has 1 unspecified atom stereocenters. The van der Waals surface area contributed by atoms with Crippen molar-refractivity contribution in [3.8, 4) is 11.5 Å². The predicted molar refractivity (Wildman–Crippen MR) is 76.9 cm³/mol. The van der Waals surface area contributed by atoms with Gasteiger partial charge in [-0.25, -0.2) is 4.79 Å². The minimum absolute atomic E-state index is 0.0937. The molecule has 0 aromatic heterocycles. The lowest BCUT2D eigenvalue weighted by molar-refractivity contribution is -0.157. The van der Waals surface area contributed by atoms with E-state index in [1.165, 1.54) is 0 Å². The Labute approximate surface area is 120 Å². The van der Waals surface area contributed by atoms with Gasteiger partial charge in [0.1, 0.15) is 5.60 Å². The minimum Gasteiger partial charge on any atom is -0.493 e. The van der Waals surface area contributed by atoms with Crippen LogP contribution < -0.4 is 15.2 Å². The smallest absolute Gasteiger partial charge is 0.344 e. The van der Waals surface area contributed by atoms with Crippen molar-refractivity contribution in [2.45, 2.75) is 39.3 Å². The summed E-state index contributed by atoms with van der Waals surface area (Å²) in [5.74, 6) is 0.613. The Balaban J connectivity index is 2.71. The fraction of sp³-hybridized carbons (Fsp3) is 0.533. The maximum absolute atomic E-state index is 11.6. The summed E-state index contributed by atoms with van der Waals surface area (Å²) in [6.07, 6.45) is 0. The molecule has 1 atom stereocenters. The molecule has 0 saturated heterocycles. The third-order valence-corrected chi connectivity index (χ3v) is 2.48. The van der Waals surface area contributed by atoms with E-state index >= 15 is 0 Å². The molecule has 1 aromatic rings. The van der Waals surface area contributed by atoms with Crippen LogP contribution in [0.15, 0.2) is 18.2 Å². The highest BCUT2D eigenvalue weighted by atomic mass is 16.6. The zero-order chi connectivity index (χ0) is 15.3. The van der Waals surface area contributed by atoms with Crippen LogP contribution in [0.4, 0.5) is 0 Å². The summed E-state index contributed by atoms with van der Waals surface area (Å²) >= 11 is 0. The number of hydrogen-bond donors (Lipinski definition) is 1. The molecule has 5 heteroatoms. The van der Waals surface area contributed by atoms with Crippen LogP contribution in [0.25, 0.3) is 0 Å². The molecule has 112 valence electrons. The molecule has 0 bridgehead atoms. The highest BCUT2D eigenvalue weighted by Gasteiger charge is 2.17. The zero-order valence-corrected chi connectivity index (χ0v) is 12.7. The van der Waals surface area contributed by atoms with E-state index in [-0.39, 0.29) is 12.6 Å². The molecular formula is C15H23NO4. The number of methoxy groups -OCH3 is 1. The van der Waals surface area contributed by atoms with Gasteiger partial charge in [0.05, 0.1) is 7.11 Å². The van der Waals surface area contributed by atoms with Crippen molar-refractivity contribution in [3.63, 3.8) is 0 Å². The summed E-state index contributed by atoms with van der Waals surface area (Å²) < 4.78 is 15.8. The van der Waals surface area contributed by atoms with Crippen molar-refractivity contribution in [3.05, 3.63) is 23.8 Å². The second kappa shape index (κ2) is 6.61. The second-order valence-electron chi connectivity index (χ2n) is 5.57. The van der Waals surface area contributed by atoms with Gasteiger partial charge >= 0.3 is 5.97 Å². The average Bonchev–Trinajstić information content (AvgIpc) is 2.33. The van der Waals surface area contributed by atoms with E-state index in [2.05, 4.69) is 0 Å². The third kappa shape index (κ3) is 5.09. The normalized spacial score (nSPS) is 12.7. The Hall–Kier alpha value is -1.75. The van der Waals surface area contributed by atoms with E-state index in [1.807, 2.05) is 33.8 Å². The van der Waals surface area contributed by atoms with Gasteiger partial charge in [-0.05, 0) is 45.4 Å². The van der Waals surface area contributed by atoms with Gasteiger partial charge in [-0.2, -0.15) is 0 Å². The predicted octanol–water partition coefficient (Wildman–Crippen LogP) is 2.44. The van der Waals surface area contributed by atoms with E-state index < -0.39 is 11.6 Å². The summed E-state index contributed by atoms with van der Waals surface area (Å²) in [5, 5.41) is 0. The molecule has 0 saturated carbocycles. The fourth-order valence-corrected chi connectivity index (χ4v) is 1.59. The Bertz CT molecular complexity index is 463. The van der Waals surface area contributed by atoms with Gasteiger partial charge in [-0.1, -0.05) is 6.07 Å². The third-order valence-electron chi connectivity index (χ3n) is 2.48.